The van der Waals surface area contributed by atoms with Crippen LogP contribution in [0.2, 0.25) is 0 Å². The molecule has 1 aliphatic carbocycles. The summed E-state index contributed by atoms with van der Waals surface area (Å²) in [5, 5.41) is 26.9. The predicted octanol–water partition coefficient (Wildman–Crippen LogP) is 4.74. The first-order chi connectivity index (χ1) is 17.6. The molecule has 0 bridgehead atoms. The van der Waals surface area contributed by atoms with Gasteiger partial charge in [0, 0.05) is 23.3 Å². The summed E-state index contributed by atoms with van der Waals surface area (Å²) in [7, 11) is 0. The first kappa shape index (κ1) is 22.9. The zero-order valence-corrected chi connectivity index (χ0v) is 20.6. The van der Waals surface area contributed by atoms with E-state index in [1.165, 1.54) is 4.68 Å². The predicted molar refractivity (Wildman–Crippen MR) is 143 cm³/mol. The highest BCUT2D eigenvalue weighted by Crippen LogP contribution is 2.50. The number of aliphatic hydroxyl groups is 2. The second-order valence-electron chi connectivity index (χ2n) is 9.15. The fourth-order valence-electron chi connectivity index (χ4n) is 5.29. The van der Waals surface area contributed by atoms with Crippen LogP contribution in [0.25, 0.3) is 16.9 Å². The molecular weight excluding hydrogens is 470 g/mol. The number of H-pyrrole nitrogens is 1. The fourth-order valence-corrected chi connectivity index (χ4v) is 6.50. The average molecular weight is 498 g/mol. The van der Waals surface area contributed by atoms with E-state index < -0.39 is 24.0 Å². The van der Waals surface area contributed by atoms with Crippen molar-refractivity contribution in [2.24, 2.45) is 5.92 Å². The summed E-state index contributed by atoms with van der Waals surface area (Å²) in [6, 6.07) is 27.1. The number of fused-ring (bicyclic) bond motifs is 1. The maximum Gasteiger partial charge on any atom is 0.275 e. The Hall–Kier alpha value is -3.52. The topological polar surface area (TPSA) is 81.5 Å². The lowest BCUT2D eigenvalue weighted by Crippen LogP contribution is -2.54. The van der Waals surface area contributed by atoms with Crippen molar-refractivity contribution in [3.05, 3.63) is 112 Å². The van der Waals surface area contributed by atoms with Crippen LogP contribution in [0, 0.1) is 5.92 Å². The van der Waals surface area contributed by atoms with Gasteiger partial charge in [-0.1, -0.05) is 72.4 Å². The molecule has 2 heterocycles. The lowest BCUT2D eigenvalue weighted by molar-refractivity contribution is -0.0945. The number of aromatic amines is 1. The van der Waals surface area contributed by atoms with Crippen molar-refractivity contribution < 1.29 is 10.2 Å². The van der Waals surface area contributed by atoms with Crippen LogP contribution in [0.5, 0.6) is 0 Å². The first-order valence-corrected chi connectivity index (χ1v) is 13.0. The van der Waals surface area contributed by atoms with Gasteiger partial charge in [-0.15, -0.1) is 0 Å². The zero-order valence-electron chi connectivity index (χ0n) is 19.8. The van der Waals surface area contributed by atoms with E-state index in [4.69, 9.17) is 0 Å². The van der Waals surface area contributed by atoms with Gasteiger partial charge in [0.05, 0.1) is 39.9 Å². The average Bonchev–Trinajstić information content (AvgIpc) is 3.45. The van der Waals surface area contributed by atoms with Crippen LogP contribution < -0.4 is 10.5 Å². The third kappa shape index (κ3) is 3.63. The number of aromatic nitrogens is 2. The maximum atomic E-state index is 13.7. The number of aliphatic hydroxyl groups excluding tert-OH is 2. The lowest BCUT2D eigenvalue weighted by atomic mass is 9.65. The molecule has 2 unspecified atom stereocenters. The molecule has 0 radical (unpaired) electrons. The minimum absolute atomic E-state index is 0.257. The summed E-state index contributed by atoms with van der Waals surface area (Å²) < 4.78 is 1.49. The van der Waals surface area contributed by atoms with Gasteiger partial charge in [0.25, 0.3) is 5.56 Å². The molecule has 6 rings (SSSR count). The molecule has 1 aromatic heterocycles. The molecule has 0 amide bonds. The Bertz CT molecular complexity index is 1470. The second-order valence-corrected chi connectivity index (χ2v) is 10.2. The molecule has 1 saturated carbocycles. The molecule has 3 aromatic carbocycles. The molecule has 2 atom stereocenters. The fraction of sp³-hybridized carbons (Fsp3) is 0.207. The molecule has 36 heavy (non-hydrogen) atoms. The van der Waals surface area contributed by atoms with Crippen LogP contribution in [0.15, 0.2) is 106 Å². The standard InChI is InChI=1S/C29H27N3O3S/c1-2-31-21-15-9-10-16-22(21)36-23(31)17-20-27(33)25(28(20)34)24-26(18-11-5-3-6-12-18)30-32(29(24)35)19-13-7-4-8-14-19/h3-17,20,25,27-28,30,33-34H,2H2,1H3/b23-17+. The number of rotatable bonds is 5. The quantitative estimate of drug-likeness (QED) is 0.371. The minimum atomic E-state index is -0.884. The molecule has 0 saturated heterocycles. The summed E-state index contributed by atoms with van der Waals surface area (Å²) >= 11 is 1.64. The molecule has 3 N–H and O–H groups in total. The van der Waals surface area contributed by atoms with Crippen molar-refractivity contribution in [2.45, 2.75) is 29.9 Å². The van der Waals surface area contributed by atoms with Crippen molar-refractivity contribution in [1.29, 1.82) is 0 Å². The van der Waals surface area contributed by atoms with Crippen molar-refractivity contribution >= 4 is 17.4 Å². The summed E-state index contributed by atoms with van der Waals surface area (Å²) in [6.07, 6.45) is 0.196. The Labute approximate surface area is 213 Å². The number of nitrogens with zero attached hydrogens (tertiary/aromatic N) is 2. The Morgan fingerprint density at radius 3 is 2.25 bits per heavy atom. The highest BCUT2D eigenvalue weighted by atomic mass is 32.2. The maximum absolute atomic E-state index is 13.7. The second kappa shape index (κ2) is 9.17. The van der Waals surface area contributed by atoms with Crippen molar-refractivity contribution in [1.82, 2.24) is 9.78 Å². The monoisotopic (exact) mass is 497 g/mol. The molecule has 6 nitrogen and oxygen atoms in total. The van der Waals surface area contributed by atoms with E-state index in [0.717, 1.165) is 27.7 Å². The first-order valence-electron chi connectivity index (χ1n) is 12.2. The third-order valence-corrected chi connectivity index (χ3v) is 8.28. The Morgan fingerprint density at radius 2 is 1.56 bits per heavy atom. The number of anilines is 1. The number of thioether (sulfide) groups is 1. The van der Waals surface area contributed by atoms with Crippen LogP contribution in [0.3, 0.4) is 0 Å². The molecule has 7 heteroatoms. The van der Waals surface area contributed by atoms with E-state index in [1.807, 2.05) is 78.9 Å². The van der Waals surface area contributed by atoms with E-state index in [1.54, 1.807) is 11.8 Å². The molecule has 182 valence electrons. The largest absolute Gasteiger partial charge is 0.392 e. The van der Waals surface area contributed by atoms with Gasteiger partial charge in [0.2, 0.25) is 0 Å². The SMILES string of the molecule is CCN1/C(=C\C2C(O)C(c3c(-c4ccccc4)[nH]n(-c4ccccc4)c3=O)C2O)Sc2ccccc21. The third-order valence-electron chi connectivity index (χ3n) is 7.15. The van der Waals surface area contributed by atoms with Crippen LogP contribution >= 0.6 is 11.8 Å². The zero-order chi connectivity index (χ0) is 24.8. The molecule has 2 aliphatic rings. The summed E-state index contributed by atoms with van der Waals surface area (Å²) in [6.45, 7) is 2.88. The van der Waals surface area contributed by atoms with Crippen LogP contribution in [0.1, 0.15) is 18.4 Å². The van der Waals surface area contributed by atoms with Gasteiger partial charge >= 0.3 is 0 Å². The highest BCUT2D eigenvalue weighted by molar-refractivity contribution is 8.03. The Balaban J connectivity index is 1.38. The van der Waals surface area contributed by atoms with Crippen LogP contribution in [-0.4, -0.2) is 38.7 Å². The van der Waals surface area contributed by atoms with Crippen LogP contribution in [-0.2, 0) is 0 Å². The van der Waals surface area contributed by atoms with E-state index in [0.29, 0.717) is 16.9 Å². The Kier molecular flexibility index (Phi) is 5.84. The minimum Gasteiger partial charge on any atom is -0.392 e. The normalized spacial score (nSPS) is 24.1. The number of hydrogen-bond acceptors (Lipinski definition) is 5. The summed E-state index contributed by atoms with van der Waals surface area (Å²) in [5.74, 6) is -1.16. The highest BCUT2D eigenvalue weighted by Gasteiger charge is 2.51. The van der Waals surface area contributed by atoms with E-state index in [2.05, 4.69) is 29.1 Å². The van der Waals surface area contributed by atoms with E-state index in [9.17, 15) is 15.0 Å². The molecule has 0 spiro atoms. The van der Waals surface area contributed by atoms with Gasteiger partial charge in [0.1, 0.15) is 0 Å². The smallest absolute Gasteiger partial charge is 0.275 e. The van der Waals surface area contributed by atoms with E-state index >= 15 is 0 Å². The van der Waals surface area contributed by atoms with Gasteiger partial charge in [-0.2, -0.15) is 0 Å². The number of nitrogens with one attached hydrogen (secondary N) is 1. The molecule has 1 fully saturated rings. The van der Waals surface area contributed by atoms with Gasteiger partial charge in [-0.3, -0.25) is 9.89 Å². The number of hydrogen-bond donors (Lipinski definition) is 3. The van der Waals surface area contributed by atoms with Gasteiger partial charge in [0.15, 0.2) is 0 Å². The number of para-hydroxylation sites is 2. The van der Waals surface area contributed by atoms with Crippen molar-refractivity contribution in [3.8, 4) is 16.9 Å². The van der Waals surface area contributed by atoms with Crippen LogP contribution in [0.4, 0.5) is 5.69 Å². The lowest BCUT2D eigenvalue weighted by Gasteiger charge is -2.45. The van der Waals surface area contributed by atoms with Crippen molar-refractivity contribution in [3.63, 3.8) is 0 Å². The van der Waals surface area contributed by atoms with Gasteiger partial charge < -0.3 is 15.1 Å². The van der Waals surface area contributed by atoms with E-state index in [-0.39, 0.29) is 5.56 Å². The molecular formula is C29H27N3O3S. The van der Waals surface area contributed by atoms with Gasteiger partial charge in [-0.25, -0.2) is 4.68 Å². The Morgan fingerprint density at radius 1 is 0.917 bits per heavy atom. The molecule has 4 aromatic rings. The summed E-state index contributed by atoms with van der Waals surface area (Å²) in [4.78, 5) is 17.0. The molecule has 1 aliphatic heterocycles. The van der Waals surface area contributed by atoms with Gasteiger partial charge in [-0.05, 0) is 42.8 Å². The van der Waals surface area contributed by atoms with Crippen molar-refractivity contribution in [2.75, 3.05) is 11.4 Å². The summed E-state index contributed by atoms with van der Waals surface area (Å²) in [5.41, 5.74) is 3.45. The number of benzene rings is 3.